The maximum absolute atomic E-state index is 12.1. The average Bonchev–Trinajstić information content (AvgIpc) is 3.03. The van der Waals surface area contributed by atoms with Crippen LogP contribution in [0.3, 0.4) is 0 Å². The number of benzene rings is 2. The maximum Gasteiger partial charge on any atom is 0.226 e. The number of carbonyl (C=O) groups excluding carboxylic acids is 2. The molecule has 0 aromatic heterocycles. The summed E-state index contributed by atoms with van der Waals surface area (Å²) in [6.07, 6.45) is 1.85. The van der Waals surface area contributed by atoms with E-state index in [1.54, 1.807) is 16.7 Å². The third kappa shape index (κ3) is 4.88. The van der Waals surface area contributed by atoms with Gasteiger partial charge in [0.25, 0.3) is 0 Å². The van der Waals surface area contributed by atoms with E-state index in [-0.39, 0.29) is 11.8 Å². The molecule has 1 aliphatic rings. The molecule has 1 fully saturated rings. The van der Waals surface area contributed by atoms with Crippen LogP contribution in [0, 0.1) is 13.8 Å². The molecule has 5 heteroatoms. The molecule has 26 heavy (non-hydrogen) atoms. The lowest BCUT2D eigenvalue weighted by Crippen LogP contribution is -2.28. The first-order chi connectivity index (χ1) is 12.5. The third-order valence-corrected chi connectivity index (χ3v) is 5.66. The number of likely N-dealkylation sites (tertiary alicyclic amines) is 1. The van der Waals surface area contributed by atoms with E-state index in [0.717, 1.165) is 23.5 Å². The highest BCUT2D eigenvalue weighted by molar-refractivity contribution is 7.99. The molecule has 0 aliphatic carbocycles. The molecule has 1 heterocycles. The summed E-state index contributed by atoms with van der Waals surface area (Å²) in [5.41, 5.74) is 3.29. The van der Waals surface area contributed by atoms with Gasteiger partial charge in [-0.15, -0.1) is 0 Å². The van der Waals surface area contributed by atoms with Gasteiger partial charge < -0.3 is 10.2 Å². The summed E-state index contributed by atoms with van der Waals surface area (Å²) in [5, 5.41) is 2.91. The molecular formula is C21H24N2O2S. The highest BCUT2D eigenvalue weighted by Crippen LogP contribution is 2.31. The van der Waals surface area contributed by atoms with E-state index in [9.17, 15) is 9.59 Å². The second-order valence-electron chi connectivity index (χ2n) is 6.68. The summed E-state index contributed by atoms with van der Waals surface area (Å²) in [4.78, 5) is 27.8. The number of hydrogen-bond acceptors (Lipinski definition) is 3. The van der Waals surface area contributed by atoms with Crippen LogP contribution in [0.5, 0.6) is 0 Å². The van der Waals surface area contributed by atoms with Crippen molar-refractivity contribution in [2.75, 3.05) is 18.4 Å². The summed E-state index contributed by atoms with van der Waals surface area (Å²) in [5.74, 6) is 0.102. The van der Waals surface area contributed by atoms with Crippen molar-refractivity contribution >= 4 is 29.3 Å². The fraction of sp³-hybridized carbons (Fsp3) is 0.333. The quantitative estimate of drug-likeness (QED) is 0.822. The molecule has 0 saturated carbocycles. The van der Waals surface area contributed by atoms with E-state index in [0.29, 0.717) is 19.4 Å². The van der Waals surface area contributed by atoms with Gasteiger partial charge in [0.1, 0.15) is 0 Å². The minimum atomic E-state index is -0.0559. The zero-order valence-electron chi connectivity index (χ0n) is 15.2. The van der Waals surface area contributed by atoms with Gasteiger partial charge in [-0.1, -0.05) is 23.9 Å². The Labute approximate surface area is 159 Å². The molecule has 1 aliphatic heterocycles. The molecule has 1 saturated heterocycles. The molecule has 0 bridgehead atoms. The standard InChI is InChI=1S/C21H24N2O2S/c1-15-5-6-16(2)19(14-15)26-18-9-7-17(8-10-18)22-20(24)11-13-23-12-3-4-21(23)25/h5-10,14H,3-4,11-13H2,1-2H3,(H,22,24). The SMILES string of the molecule is Cc1ccc(C)c(Sc2ccc(NC(=O)CCN3CCCC3=O)cc2)c1. The topological polar surface area (TPSA) is 49.4 Å². The van der Waals surface area contributed by atoms with Gasteiger partial charge in [0.05, 0.1) is 0 Å². The fourth-order valence-electron chi connectivity index (χ4n) is 2.95. The third-order valence-electron chi connectivity index (χ3n) is 4.49. The monoisotopic (exact) mass is 368 g/mol. The van der Waals surface area contributed by atoms with Crippen LogP contribution in [0.2, 0.25) is 0 Å². The predicted molar refractivity (Wildman–Crippen MR) is 106 cm³/mol. The maximum atomic E-state index is 12.1. The zero-order chi connectivity index (χ0) is 18.5. The van der Waals surface area contributed by atoms with Gasteiger partial charge in [0.2, 0.25) is 11.8 Å². The summed E-state index contributed by atoms with van der Waals surface area (Å²) >= 11 is 1.73. The van der Waals surface area contributed by atoms with Crippen LogP contribution >= 0.6 is 11.8 Å². The van der Waals surface area contributed by atoms with E-state index in [1.807, 2.05) is 24.3 Å². The highest BCUT2D eigenvalue weighted by atomic mass is 32.2. The zero-order valence-corrected chi connectivity index (χ0v) is 16.1. The number of nitrogens with zero attached hydrogens (tertiary/aromatic N) is 1. The summed E-state index contributed by atoms with van der Waals surface area (Å²) in [6, 6.07) is 14.3. The van der Waals surface area contributed by atoms with Crippen molar-refractivity contribution in [3.05, 3.63) is 53.6 Å². The van der Waals surface area contributed by atoms with Crippen LogP contribution in [-0.4, -0.2) is 29.8 Å². The van der Waals surface area contributed by atoms with E-state index < -0.39 is 0 Å². The lowest BCUT2D eigenvalue weighted by molar-refractivity contribution is -0.128. The molecule has 0 radical (unpaired) electrons. The van der Waals surface area contributed by atoms with E-state index >= 15 is 0 Å². The number of hydrogen-bond donors (Lipinski definition) is 1. The van der Waals surface area contributed by atoms with Crippen molar-refractivity contribution in [1.82, 2.24) is 4.90 Å². The minimum absolute atomic E-state index is 0.0559. The number of carbonyl (C=O) groups is 2. The Morgan fingerprint density at radius 2 is 1.92 bits per heavy atom. The number of nitrogens with one attached hydrogen (secondary N) is 1. The van der Waals surface area contributed by atoms with Crippen molar-refractivity contribution in [3.8, 4) is 0 Å². The number of rotatable bonds is 6. The number of anilines is 1. The molecule has 2 aromatic carbocycles. The Balaban J connectivity index is 1.53. The number of amides is 2. The normalized spacial score (nSPS) is 13.9. The van der Waals surface area contributed by atoms with Gasteiger partial charge in [-0.25, -0.2) is 0 Å². The van der Waals surface area contributed by atoms with Crippen molar-refractivity contribution in [2.24, 2.45) is 0 Å². The van der Waals surface area contributed by atoms with Crippen LogP contribution in [0.25, 0.3) is 0 Å². The Morgan fingerprint density at radius 3 is 2.62 bits per heavy atom. The molecule has 0 atom stereocenters. The Bertz CT molecular complexity index is 802. The van der Waals surface area contributed by atoms with Gasteiger partial charge in [-0.3, -0.25) is 9.59 Å². The van der Waals surface area contributed by atoms with Crippen LogP contribution < -0.4 is 5.32 Å². The average molecular weight is 369 g/mol. The van der Waals surface area contributed by atoms with Crippen molar-refractivity contribution in [3.63, 3.8) is 0 Å². The largest absolute Gasteiger partial charge is 0.342 e. The van der Waals surface area contributed by atoms with Gasteiger partial charge in [0, 0.05) is 41.4 Å². The summed E-state index contributed by atoms with van der Waals surface area (Å²) in [6.45, 7) is 5.49. The molecule has 3 rings (SSSR count). The molecule has 4 nitrogen and oxygen atoms in total. The summed E-state index contributed by atoms with van der Waals surface area (Å²) < 4.78 is 0. The molecular weight excluding hydrogens is 344 g/mol. The first-order valence-corrected chi connectivity index (χ1v) is 9.76. The van der Waals surface area contributed by atoms with Crippen LogP contribution in [0.4, 0.5) is 5.69 Å². The molecule has 2 amide bonds. The Morgan fingerprint density at radius 1 is 1.15 bits per heavy atom. The second-order valence-corrected chi connectivity index (χ2v) is 7.79. The van der Waals surface area contributed by atoms with Gasteiger partial charge in [-0.05, 0) is 61.7 Å². The van der Waals surface area contributed by atoms with Crippen LogP contribution in [0.1, 0.15) is 30.4 Å². The van der Waals surface area contributed by atoms with E-state index in [4.69, 9.17) is 0 Å². The molecule has 1 N–H and O–H groups in total. The summed E-state index contributed by atoms with van der Waals surface area (Å²) in [7, 11) is 0. The first kappa shape index (κ1) is 18.5. The van der Waals surface area contributed by atoms with E-state index in [2.05, 4.69) is 37.4 Å². The fourth-order valence-corrected chi connectivity index (χ4v) is 3.95. The second kappa shape index (κ2) is 8.41. The van der Waals surface area contributed by atoms with Gasteiger partial charge >= 0.3 is 0 Å². The molecule has 2 aromatic rings. The predicted octanol–water partition coefficient (Wildman–Crippen LogP) is 4.41. The molecule has 0 unspecified atom stereocenters. The van der Waals surface area contributed by atoms with Crippen molar-refractivity contribution in [1.29, 1.82) is 0 Å². The van der Waals surface area contributed by atoms with Crippen molar-refractivity contribution < 1.29 is 9.59 Å². The minimum Gasteiger partial charge on any atom is -0.342 e. The Kier molecular flexibility index (Phi) is 5.99. The molecule has 0 spiro atoms. The Hall–Kier alpha value is -2.27. The van der Waals surface area contributed by atoms with Crippen molar-refractivity contribution in [2.45, 2.75) is 42.9 Å². The first-order valence-electron chi connectivity index (χ1n) is 8.94. The molecule has 136 valence electrons. The van der Waals surface area contributed by atoms with E-state index in [1.165, 1.54) is 16.0 Å². The smallest absolute Gasteiger partial charge is 0.226 e. The van der Waals surface area contributed by atoms with Gasteiger partial charge in [0.15, 0.2) is 0 Å². The van der Waals surface area contributed by atoms with Crippen LogP contribution in [0.15, 0.2) is 52.3 Å². The van der Waals surface area contributed by atoms with Crippen LogP contribution in [-0.2, 0) is 9.59 Å². The highest BCUT2D eigenvalue weighted by Gasteiger charge is 2.20. The number of aryl methyl sites for hydroxylation is 2. The van der Waals surface area contributed by atoms with Gasteiger partial charge in [-0.2, -0.15) is 0 Å². The lowest BCUT2D eigenvalue weighted by atomic mass is 10.2. The lowest BCUT2D eigenvalue weighted by Gasteiger charge is -2.15.